The zero-order chi connectivity index (χ0) is 13.0. The zero-order valence-electron chi connectivity index (χ0n) is 11.2. The van der Waals surface area contributed by atoms with Crippen LogP contribution in [0.4, 0.5) is 0 Å². The molecule has 0 aromatic heterocycles. The summed E-state index contributed by atoms with van der Waals surface area (Å²) in [4.78, 5) is 2.31. The summed E-state index contributed by atoms with van der Waals surface area (Å²) >= 11 is 12.4. The topological polar surface area (TPSA) is 15.3 Å². The molecule has 0 saturated carbocycles. The monoisotopic (exact) mass is 322 g/mol. The lowest BCUT2D eigenvalue weighted by molar-refractivity contribution is 0.237. The van der Waals surface area contributed by atoms with E-state index in [2.05, 4.69) is 17.3 Å². The molecule has 19 heavy (non-hydrogen) atoms. The van der Waals surface area contributed by atoms with E-state index in [0.717, 1.165) is 47.7 Å². The van der Waals surface area contributed by atoms with Gasteiger partial charge in [-0.1, -0.05) is 29.3 Å². The maximum Gasteiger partial charge on any atom is 0.0465 e. The average molecular weight is 324 g/mol. The third-order valence-corrected chi connectivity index (χ3v) is 4.17. The van der Waals surface area contributed by atoms with Crippen molar-refractivity contribution in [3.8, 4) is 0 Å². The molecule has 108 valence electrons. The lowest BCUT2D eigenvalue weighted by Gasteiger charge is -2.28. The standard InChI is InChI=1S/C14H20Cl2N2.ClH/c1-18(9-11-4-3-7-17-8-11)10-12-13(15)5-2-6-14(12)16;/h2,5-6,11,17H,3-4,7-10H2,1H3;1H. The largest absolute Gasteiger partial charge is 0.316 e. The van der Waals surface area contributed by atoms with Gasteiger partial charge in [-0.25, -0.2) is 0 Å². The third kappa shape index (κ3) is 5.13. The first kappa shape index (κ1) is 17.1. The molecule has 1 N–H and O–H groups in total. The van der Waals surface area contributed by atoms with Crippen LogP contribution >= 0.6 is 35.6 Å². The molecule has 1 aliphatic rings. The first-order valence-corrected chi connectivity index (χ1v) is 7.24. The van der Waals surface area contributed by atoms with Crippen molar-refractivity contribution in [1.82, 2.24) is 10.2 Å². The van der Waals surface area contributed by atoms with Crippen molar-refractivity contribution >= 4 is 35.6 Å². The van der Waals surface area contributed by atoms with Gasteiger partial charge in [-0.3, -0.25) is 0 Å². The van der Waals surface area contributed by atoms with Crippen molar-refractivity contribution in [2.45, 2.75) is 19.4 Å². The summed E-state index contributed by atoms with van der Waals surface area (Å²) in [6, 6.07) is 5.69. The molecule has 1 heterocycles. The van der Waals surface area contributed by atoms with E-state index in [1.54, 1.807) is 0 Å². The molecular formula is C14H21Cl3N2. The number of benzene rings is 1. The van der Waals surface area contributed by atoms with E-state index in [9.17, 15) is 0 Å². The molecule has 5 heteroatoms. The molecule has 2 nitrogen and oxygen atoms in total. The van der Waals surface area contributed by atoms with Gasteiger partial charge in [-0.2, -0.15) is 0 Å². The summed E-state index contributed by atoms with van der Waals surface area (Å²) in [5.74, 6) is 0.741. The number of piperidine rings is 1. The van der Waals surface area contributed by atoms with E-state index in [-0.39, 0.29) is 12.4 Å². The van der Waals surface area contributed by atoms with Gasteiger partial charge in [-0.15, -0.1) is 12.4 Å². The third-order valence-electron chi connectivity index (χ3n) is 3.46. The van der Waals surface area contributed by atoms with E-state index >= 15 is 0 Å². The van der Waals surface area contributed by atoms with Gasteiger partial charge < -0.3 is 10.2 Å². The van der Waals surface area contributed by atoms with Crippen LogP contribution in [0.25, 0.3) is 0 Å². The van der Waals surface area contributed by atoms with Crippen LogP contribution in [0.15, 0.2) is 18.2 Å². The van der Waals surface area contributed by atoms with Gasteiger partial charge in [0.15, 0.2) is 0 Å². The summed E-state index contributed by atoms with van der Waals surface area (Å²) in [6.45, 7) is 4.20. The maximum absolute atomic E-state index is 6.19. The van der Waals surface area contributed by atoms with Crippen LogP contribution in [0.2, 0.25) is 10.0 Å². The lowest BCUT2D eigenvalue weighted by atomic mass is 9.99. The van der Waals surface area contributed by atoms with Crippen molar-refractivity contribution in [1.29, 1.82) is 0 Å². The van der Waals surface area contributed by atoms with Crippen LogP contribution < -0.4 is 5.32 Å². The van der Waals surface area contributed by atoms with Crippen molar-refractivity contribution in [2.75, 3.05) is 26.7 Å². The fourth-order valence-corrected chi connectivity index (χ4v) is 3.06. The minimum Gasteiger partial charge on any atom is -0.316 e. The number of hydrogen-bond acceptors (Lipinski definition) is 2. The predicted octanol–water partition coefficient (Wildman–Crippen LogP) is 3.85. The Labute approximate surface area is 131 Å². The average Bonchev–Trinajstić information content (AvgIpc) is 2.35. The predicted molar refractivity (Wildman–Crippen MR) is 85.6 cm³/mol. The van der Waals surface area contributed by atoms with Crippen molar-refractivity contribution < 1.29 is 0 Å². The van der Waals surface area contributed by atoms with Gasteiger partial charge in [0.25, 0.3) is 0 Å². The second kappa shape index (κ2) is 8.33. The van der Waals surface area contributed by atoms with Crippen LogP contribution in [-0.2, 0) is 6.54 Å². The molecule has 0 aliphatic carbocycles. The van der Waals surface area contributed by atoms with Crippen molar-refractivity contribution in [2.24, 2.45) is 5.92 Å². The van der Waals surface area contributed by atoms with E-state index in [4.69, 9.17) is 23.2 Å². The highest BCUT2D eigenvalue weighted by Gasteiger charge is 2.16. The van der Waals surface area contributed by atoms with Gasteiger partial charge in [0.2, 0.25) is 0 Å². The molecule has 1 aromatic rings. The first-order chi connectivity index (χ1) is 8.66. The summed E-state index contributed by atoms with van der Waals surface area (Å²) in [7, 11) is 2.13. The normalized spacial score (nSPS) is 19.3. The van der Waals surface area contributed by atoms with Gasteiger partial charge in [-0.05, 0) is 51.0 Å². The summed E-state index contributed by atoms with van der Waals surface area (Å²) in [5.41, 5.74) is 1.03. The molecule has 0 bridgehead atoms. The number of halogens is 3. The Morgan fingerprint density at radius 2 is 2.00 bits per heavy atom. The van der Waals surface area contributed by atoms with Gasteiger partial charge in [0.1, 0.15) is 0 Å². The number of nitrogens with one attached hydrogen (secondary N) is 1. The van der Waals surface area contributed by atoms with Crippen molar-refractivity contribution in [3.63, 3.8) is 0 Å². The molecule has 0 spiro atoms. The summed E-state index contributed by atoms with van der Waals surface area (Å²) in [5, 5.41) is 4.97. The Balaban J connectivity index is 0.00000180. The van der Waals surface area contributed by atoms with Gasteiger partial charge in [0.05, 0.1) is 0 Å². The molecule has 2 rings (SSSR count). The molecule has 1 atom stereocenters. The Morgan fingerprint density at radius 1 is 1.32 bits per heavy atom. The Kier molecular flexibility index (Phi) is 7.48. The quantitative estimate of drug-likeness (QED) is 0.905. The molecular weight excluding hydrogens is 303 g/mol. The highest BCUT2D eigenvalue weighted by molar-refractivity contribution is 6.35. The second-order valence-electron chi connectivity index (χ2n) is 5.11. The van der Waals surface area contributed by atoms with Crippen LogP contribution in [0, 0.1) is 5.92 Å². The lowest BCUT2D eigenvalue weighted by Crippen LogP contribution is -2.36. The van der Waals surface area contributed by atoms with Crippen LogP contribution in [0.5, 0.6) is 0 Å². The molecule has 1 saturated heterocycles. The minimum absolute atomic E-state index is 0. The zero-order valence-corrected chi connectivity index (χ0v) is 13.5. The molecule has 1 unspecified atom stereocenters. The van der Waals surface area contributed by atoms with Gasteiger partial charge >= 0.3 is 0 Å². The smallest absolute Gasteiger partial charge is 0.0465 e. The van der Waals surface area contributed by atoms with E-state index in [1.807, 2.05) is 18.2 Å². The maximum atomic E-state index is 6.19. The SMILES string of the molecule is CN(Cc1c(Cl)cccc1Cl)CC1CCCNC1.Cl. The van der Waals surface area contributed by atoms with Gasteiger partial charge in [0, 0.05) is 28.7 Å². The fourth-order valence-electron chi connectivity index (χ4n) is 2.54. The number of hydrogen-bond donors (Lipinski definition) is 1. The number of nitrogens with zero attached hydrogens (tertiary/aromatic N) is 1. The molecule has 0 radical (unpaired) electrons. The highest BCUT2D eigenvalue weighted by atomic mass is 35.5. The van der Waals surface area contributed by atoms with E-state index < -0.39 is 0 Å². The minimum atomic E-state index is 0. The van der Waals surface area contributed by atoms with Crippen molar-refractivity contribution in [3.05, 3.63) is 33.8 Å². The number of rotatable bonds is 4. The highest BCUT2D eigenvalue weighted by Crippen LogP contribution is 2.25. The van der Waals surface area contributed by atoms with Crippen LogP contribution in [0.1, 0.15) is 18.4 Å². The molecule has 0 amide bonds. The fraction of sp³-hybridized carbons (Fsp3) is 0.571. The molecule has 1 fully saturated rings. The van der Waals surface area contributed by atoms with E-state index in [1.165, 1.54) is 12.8 Å². The van der Waals surface area contributed by atoms with Crippen LogP contribution in [-0.4, -0.2) is 31.6 Å². The molecule has 1 aliphatic heterocycles. The Morgan fingerprint density at radius 3 is 2.58 bits per heavy atom. The summed E-state index contributed by atoms with van der Waals surface area (Å²) in [6.07, 6.45) is 2.60. The Bertz CT molecular complexity index is 372. The molecule has 1 aromatic carbocycles. The van der Waals surface area contributed by atoms with E-state index in [0.29, 0.717) is 0 Å². The summed E-state index contributed by atoms with van der Waals surface area (Å²) < 4.78 is 0. The Hall–Kier alpha value is 0.01000. The first-order valence-electron chi connectivity index (χ1n) is 6.49. The van der Waals surface area contributed by atoms with Crippen LogP contribution in [0.3, 0.4) is 0 Å². The second-order valence-corrected chi connectivity index (χ2v) is 5.92.